The summed E-state index contributed by atoms with van der Waals surface area (Å²) in [5.74, 6) is 1.02. The van der Waals surface area contributed by atoms with E-state index < -0.39 is 0 Å². The Kier molecular flexibility index (Phi) is 4.15. The van der Waals surface area contributed by atoms with Crippen LogP contribution in [0, 0.1) is 0 Å². The first kappa shape index (κ1) is 15.1. The van der Waals surface area contributed by atoms with Crippen molar-refractivity contribution in [3.8, 4) is 5.75 Å². The first-order valence-electron chi connectivity index (χ1n) is 6.83. The third kappa shape index (κ3) is 3.07. The fourth-order valence-corrected chi connectivity index (χ4v) is 2.37. The molecule has 1 rings (SSSR count). The zero-order valence-electron chi connectivity index (χ0n) is 13.3. The Morgan fingerprint density at radius 2 is 1.39 bits per heavy atom. The van der Waals surface area contributed by atoms with E-state index in [1.807, 2.05) is 0 Å². The molecular formula is C17H28O. The van der Waals surface area contributed by atoms with Crippen molar-refractivity contribution >= 4 is 0 Å². The van der Waals surface area contributed by atoms with Crippen LogP contribution in [0.25, 0.3) is 0 Å². The Balaban J connectivity index is 3.55. The van der Waals surface area contributed by atoms with Crippen LogP contribution in [-0.2, 0) is 17.3 Å². The SMILES string of the molecule is CCc1cc(OC)c(C(C)(C)C)cc1C(C)(C)C. The summed E-state index contributed by atoms with van der Waals surface area (Å²) in [6.07, 6.45) is 1.05. The fourth-order valence-electron chi connectivity index (χ4n) is 2.37. The summed E-state index contributed by atoms with van der Waals surface area (Å²) in [5, 5.41) is 0. The molecule has 0 aliphatic carbocycles. The van der Waals surface area contributed by atoms with Gasteiger partial charge in [0, 0.05) is 0 Å². The van der Waals surface area contributed by atoms with Crippen molar-refractivity contribution in [1.82, 2.24) is 0 Å². The van der Waals surface area contributed by atoms with Gasteiger partial charge in [-0.25, -0.2) is 0 Å². The summed E-state index contributed by atoms with van der Waals surface area (Å²) >= 11 is 0. The second kappa shape index (κ2) is 4.95. The molecule has 1 nitrogen and oxygen atoms in total. The van der Waals surface area contributed by atoms with Crippen LogP contribution < -0.4 is 4.74 Å². The summed E-state index contributed by atoms with van der Waals surface area (Å²) in [5.41, 5.74) is 4.42. The highest BCUT2D eigenvalue weighted by Gasteiger charge is 2.25. The van der Waals surface area contributed by atoms with Gasteiger partial charge in [0.2, 0.25) is 0 Å². The third-order valence-electron chi connectivity index (χ3n) is 3.42. The molecule has 0 saturated heterocycles. The van der Waals surface area contributed by atoms with E-state index in [4.69, 9.17) is 4.74 Å². The minimum absolute atomic E-state index is 0.109. The van der Waals surface area contributed by atoms with Crippen molar-refractivity contribution < 1.29 is 4.74 Å². The van der Waals surface area contributed by atoms with Crippen molar-refractivity contribution in [2.24, 2.45) is 0 Å². The molecule has 0 heterocycles. The number of methoxy groups -OCH3 is 1. The van der Waals surface area contributed by atoms with Gasteiger partial charge in [-0.2, -0.15) is 0 Å². The third-order valence-corrected chi connectivity index (χ3v) is 3.42. The van der Waals surface area contributed by atoms with Gasteiger partial charge in [0.1, 0.15) is 5.75 Å². The summed E-state index contributed by atoms with van der Waals surface area (Å²) in [6.45, 7) is 15.8. The molecular weight excluding hydrogens is 220 g/mol. The Morgan fingerprint density at radius 3 is 1.72 bits per heavy atom. The maximum atomic E-state index is 5.58. The first-order valence-corrected chi connectivity index (χ1v) is 6.83. The quantitative estimate of drug-likeness (QED) is 0.726. The van der Waals surface area contributed by atoms with Gasteiger partial charge in [-0.1, -0.05) is 54.5 Å². The average molecular weight is 248 g/mol. The standard InChI is InChI=1S/C17H28O/c1-9-12-10-15(18-8)14(17(5,6)7)11-13(12)16(2,3)4/h10-11H,9H2,1-8H3. The predicted octanol–water partition coefficient (Wildman–Crippen LogP) is 4.85. The molecule has 0 fully saturated rings. The van der Waals surface area contributed by atoms with Crippen LogP contribution in [0.5, 0.6) is 5.75 Å². The van der Waals surface area contributed by atoms with E-state index >= 15 is 0 Å². The summed E-state index contributed by atoms with van der Waals surface area (Å²) in [4.78, 5) is 0. The molecule has 0 atom stereocenters. The number of benzene rings is 1. The van der Waals surface area contributed by atoms with Gasteiger partial charge in [-0.05, 0) is 40.0 Å². The van der Waals surface area contributed by atoms with Crippen LogP contribution in [0.2, 0.25) is 0 Å². The number of hydrogen-bond donors (Lipinski definition) is 0. The van der Waals surface area contributed by atoms with E-state index in [2.05, 4.69) is 60.6 Å². The predicted molar refractivity (Wildman–Crippen MR) is 79.8 cm³/mol. The lowest BCUT2D eigenvalue weighted by molar-refractivity contribution is 0.396. The number of ether oxygens (including phenoxy) is 1. The van der Waals surface area contributed by atoms with Crippen LogP contribution in [0.1, 0.15) is 65.2 Å². The van der Waals surface area contributed by atoms with Crippen molar-refractivity contribution in [1.29, 1.82) is 0 Å². The maximum Gasteiger partial charge on any atom is 0.122 e. The average Bonchev–Trinajstić information content (AvgIpc) is 2.24. The van der Waals surface area contributed by atoms with E-state index in [9.17, 15) is 0 Å². The topological polar surface area (TPSA) is 9.23 Å². The second-order valence-corrected chi connectivity index (χ2v) is 7.06. The molecule has 1 aromatic carbocycles. The van der Waals surface area contributed by atoms with Crippen molar-refractivity contribution in [2.75, 3.05) is 7.11 Å². The van der Waals surface area contributed by atoms with Crippen molar-refractivity contribution in [3.63, 3.8) is 0 Å². The lowest BCUT2D eigenvalue weighted by Gasteiger charge is -2.29. The molecule has 0 spiro atoms. The minimum Gasteiger partial charge on any atom is -0.496 e. The monoisotopic (exact) mass is 248 g/mol. The second-order valence-electron chi connectivity index (χ2n) is 7.06. The molecule has 0 aromatic heterocycles. The Hall–Kier alpha value is -0.980. The van der Waals surface area contributed by atoms with E-state index in [0.29, 0.717) is 0 Å². The number of hydrogen-bond acceptors (Lipinski definition) is 1. The van der Waals surface area contributed by atoms with E-state index in [1.165, 1.54) is 16.7 Å². The van der Waals surface area contributed by atoms with Crippen LogP contribution in [0.3, 0.4) is 0 Å². The van der Waals surface area contributed by atoms with Gasteiger partial charge >= 0.3 is 0 Å². The molecule has 1 heteroatoms. The van der Waals surface area contributed by atoms with E-state index in [-0.39, 0.29) is 10.8 Å². The van der Waals surface area contributed by atoms with Crippen molar-refractivity contribution in [3.05, 3.63) is 28.8 Å². The molecule has 0 bridgehead atoms. The molecule has 0 unspecified atom stereocenters. The molecule has 1 aromatic rings. The van der Waals surface area contributed by atoms with E-state index in [1.54, 1.807) is 7.11 Å². The maximum absolute atomic E-state index is 5.58. The lowest BCUT2D eigenvalue weighted by Crippen LogP contribution is -2.19. The molecule has 0 saturated carbocycles. The molecule has 0 aliphatic heterocycles. The van der Waals surface area contributed by atoms with Crippen molar-refractivity contribution in [2.45, 2.75) is 65.7 Å². The number of rotatable bonds is 2. The highest BCUT2D eigenvalue weighted by atomic mass is 16.5. The van der Waals surface area contributed by atoms with Crippen LogP contribution in [0.4, 0.5) is 0 Å². The molecule has 0 N–H and O–H groups in total. The zero-order valence-corrected chi connectivity index (χ0v) is 13.3. The zero-order chi connectivity index (χ0) is 14.1. The van der Waals surface area contributed by atoms with Gasteiger partial charge in [0.15, 0.2) is 0 Å². The van der Waals surface area contributed by atoms with Gasteiger partial charge in [0.25, 0.3) is 0 Å². The highest BCUT2D eigenvalue weighted by Crippen LogP contribution is 2.37. The highest BCUT2D eigenvalue weighted by molar-refractivity contribution is 5.48. The minimum atomic E-state index is 0.109. The molecule has 0 amide bonds. The van der Waals surface area contributed by atoms with Crippen LogP contribution in [-0.4, -0.2) is 7.11 Å². The molecule has 0 aliphatic rings. The van der Waals surface area contributed by atoms with Gasteiger partial charge in [0.05, 0.1) is 7.11 Å². The summed E-state index contributed by atoms with van der Waals surface area (Å²) < 4.78 is 5.58. The molecule has 102 valence electrons. The molecule has 18 heavy (non-hydrogen) atoms. The fraction of sp³-hybridized carbons (Fsp3) is 0.647. The normalized spacial score (nSPS) is 12.7. The van der Waals surface area contributed by atoms with E-state index in [0.717, 1.165) is 12.2 Å². The largest absolute Gasteiger partial charge is 0.496 e. The van der Waals surface area contributed by atoms with Gasteiger partial charge in [-0.3, -0.25) is 0 Å². The summed E-state index contributed by atoms with van der Waals surface area (Å²) in [7, 11) is 1.76. The van der Waals surface area contributed by atoms with Crippen LogP contribution in [0.15, 0.2) is 12.1 Å². The Bertz CT molecular complexity index is 379. The molecule has 0 radical (unpaired) electrons. The lowest BCUT2D eigenvalue weighted by atomic mass is 9.77. The first-order chi connectivity index (χ1) is 8.11. The smallest absolute Gasteiger partial charge is 0.122 e. The summed E-state index contributed by atoms with van der Waals surface area (Å²) in [6, 6.07) is 4.57. The Morgan fingerprint density at radius 1 is 0.889 bits per heavy atom. The number of aryl methyl sites for hydroxylation is 1. The van der Waals surface area contributed by atoms with Gasteiger partial charge in [-0.15, -0.1) is 0 Å². The van der Waals surface area contributed by atoms with Gasteiger partial charge < -0.3 is 4.74 Å². The van der Waals surface area contributed by atoms with Crippen LogP contribution >= 0.6 is 0 Å². The Labute approximate surface area is 113 Å².